The Morgan fingerprint density at radius 3 is 2.29 bits per heavy atom. The SMILES string of the molecule is CC(C)(S)CC(=O)NC(CS)C(N)=O. The molecule has 0 rings (SSSR count). The van der Waals surface area contributed by atoms with Gasteiger partial charge in [-0.3, -0.25) is 9.59 Å². The minimum atomic E-state index is -0.707. The van der Waals surface area contributed by atoms with Crippen LogP contribution in [0.3, 0.4) is 0 Å². The topological polar surface area (TPSA) is 72.2 Å². The molecule has 0 aliphatic rings. The van der Waals surface area contributed by atoms with Crippen molar-refractivity contribution in [3.05, 3.63) is 0 Å². The van der Waals surface area contributed by atoms with Gasteiger partial charge >= 0.3 is 0 Å². The van der Waals surface area contributed by atoms with Crippen LogP contribution in [0.2, 0.25) is 0 Å². The van der Waals surface area contributed by atoms with Crippen LogP contribution in [0.1, 0.15) is 20.3 Å². The van der Waals surface area contributed by atoms with Crippen molar-refractivity contribution < 1.29 is 9.59 Å². The third kappa shape index (κ3) is 6.15. The maximum atomic E-state index is 11.3. The first kappa shape index (κ1) is 13.6. The van der Waals surface area contributed by atoms with Gasteiger partial charge in [0, 0.05) is 16.9 Å². The first-order valence-electron chi connectivity index (χ1n) is 4.18. The van der Waals surface area contributed by atoms with Crippen LogP contribution in [0.4, 0.5) is 0 Å². The molecule has 0 heterocycles. The fourth-order valence-corrected chi connectivity index (χ4v) is 1.26. The summed E-state index contributed by atoms with van der Waals surface area (Å²) >= 11 is 8.11. The molecule has 0 saturated carbocycles. The summed E-state index contributed by atoms with van der Waals surface area (Å²) in [7, 11) is 0. The standard InChI is InChI=1S/C8H16N2O2S2/c1-8(2,14)3-6(11)10-5(4-13)7(9)12/h5,13-14H,3-4H2,1-2H3,(H2,9,12)(H,10,11). The lowest BCUT2D eigenvalue weighted by molar-refractivity contribution is -0.127. The van der Waals surface area contributed by atoms with E-state index in [0.717, 1.165) is 0 Å². The highest BCUT2D eigenvalue weighted by molar-refractivity contribution is 7.81. The third-order valence-electron chi connectivity index (χ3n) is 1.45. The number of hydrogen-bond acceptors (Lipinski definition) is 4. The lowest BCUT2D eigenvalue weighted by Crippen LogP contribution is -2.46. The molecule has 0 radical (unpaired) electrons. The Kier molecular flexibility index (Phi) is 5.36. The minimum Gasteiger partial charge on any atom is -0.368 e. The summed E-state index contributed by atoms with van der Waals surface area (Å²) < 4.78 is -0.400. The Hall–Kier alpha value is -0.360. The Bertz CT molecular complexity index is 226. The molecule has 3 N–H and O–H groups in total. The van der Waals surface area contributed by atoms with E-state index in [4.69, 9.17) is 5.73 Å². The first-order valence-corrected chi connectivity index (χ1v) is 5.26. The molecule has 0 aliphatic carbocycles. The van der Waals surface area contributed by atoms with E-state index < -0.39 is 16.7 Å². The molecule has 14 heavy (non-hydrogen) atoms. The summed E-state index contributed by atoms with van der Waals surface area (Å²) in [4.78, 5) is 22.1. The van der Waals surface area contributed by atoms with Crippen LogP contribution >= 0.6 is 25.3 Å². The molecule has 4 nitrogen and oxygen atoms in total. The van der Waals surface area contributed by atoms with Gasteiger partial charge < -0.3 is 11.1 Å². The molecule has 82 valence electrons. The second kappa shape index (κ2) is 5.50. The molecule has 1 atom stereocenters. The van der Waals surface area contributed by atoms with Gasteiger partial charge in [-0.15, -0.1) is 0 Å². The van der Waals surface area contributed by atoms with Crippen molar-refractivity contribution in [2.24, 2.45) is 5.73 Å². The number of carbonyl (C=O) groups excluding carboxylic acids is 2. The molecule has 2 amide bonds. The highest BCUT2D eigenvalue weighted by Crippen LogP contribution is 2.16. The number of amides is 2. The molecule has 0 aromatic heterocycles. The maximum Gasteiger partial charge on any atom is 0.240 e. The lowest BCUT2D eigenvalue weighted by Gasteiger charge is -2.19. The number of carbonyl (C=O) groups is 2. The molecule has 0 spiro atoms. The smallest absolute Gasteiger partial charge is 0.240 e. The van der Waals surface area contributed by atoms with Gasteiger partial charge in [0.25, 0.3) is 0 Å². The average molecular weight is 236 g/mol. The van der Waals surface area contributed by atoms with Crippen molar-refractivity contribution in [2.75, 3.05) is 5.75 Å². The van der Waals surface area contributed by atoms with Crippen LogP contribution in [-0.2, 0) is 9.59 Å². The van der Waals surface area contributed by atoms with E-state index in [1.54, 1.807) is 0 Å². The first-order chi connectivity index (χ1) is 6.26. The van der Waals surface area contributed by atoms with Crippen LogP contribution < -0.4 is 11.1 Å². The predicted molar refractivity (Wildman–Crippen MR) is 62.7 cm³/mol. The summed E-state index contributed by atoms with van der Waals surface area (Å²) in [5, 5.41) is 2.48. The maximum absolute atomic E-state index is 11.3. The molecule has 0 fully saturated rings. The van der Waals surface area contributed by atoms with E-state index in [1.165, 1.54) is 0 Å². The lowest BCUT2D eigenvalue weighted by atomic mass is 10.1. The van der Waals surface area contributed by atoms with Crippen LogP contribution in [-0.4, -0.2) is 28.4 Å². The predicted octanol–water partition coefficient (Wildman–Crippen LogP) is -0.0152. The molecular weight excluding hydrogens is 220 g/mol. The zero-order chi connectivity index (χ0) is 11.4. The van der Waals surface area contributed by atoms with Crippen molar-refractivity contribution >= 4 is 37.1 Å². The average Bonchev–Trinajstić information content (AvgIpc) is 1.96. The van der Waals surface area contributed by atoms with Crippen molar-refractivity contribution in [1.29, 1.82) is 0 Å². The summed E-state index contributed by atoms with van der Waals surface area (Å²) in [6, 6.07) is -0.707. The van der Waals surface area contributed by atoms with Gasteiger partial charge in [-0.2, -0.15) is 25.3 Å². The van der Waals surface area contributed by atoms with E-state index in [2.05, 4.69) is 30.6 Å². The van der Waals surface area contributed by atoms with E-state index in [1.807, 2.05) is 13.8 Å². The molecule has 0 aromatic rings. The fourth-order valence-electron chi connectivity index (χ4n) is 0.845. The summed E-state index contributed by atoms with van der Waals surface area (Å²) in [6.07, 6.45) is 0.230. The minimum absolute atomic E-state index is 0.202. The van der Waals surface area contributed by atoms with Gasteiger partial charge in [0.1, 0.15) is 6.04 Å². The number of nitrogens with two attached hydrogens (primary N) is 1. The number of thiol groups is 2. The van der Waals surface area contributed by atoms with E-state index in [9.17, 15) is 9.59 Å². The van der Waals surface area contributed by atoms with Crippen molar-refractivity contribution in [3.63, 3.8) is 0 Å². The highest BCUT2D eigenvalue weighted by Gasteiger charge is 2.21. The van der Waals surface area contributed by atoms with E-state index >= 15 is 0 Å². The monoisotopic (exact) mass is 236 g/mol. The molecule has 1 unspecified atom stereocenters. The van der Waals surface area contributed by atoms with Crippen molar-refractivity contribution in [1.82, 2.24) is 5.32 Å². The molecular formula is C8H16N2O2S2. The zero-order valence-electron chi connectivity index (χ0n) is 8.28. The van der Waals surface area contributed by atoms with Gasteiger partial charge in [0.05, 0.1) is 0 Å². The van der Waals surface area contributed by atoms with Crippen molar-refractivity contribution in [2.45, 2.75) is 31.1 Å². The van der Waals surface area contributed by atoms with Gasteiger partial charge in [-0.05, 0) is 0 Å². The number of primary amides is 1. The number of rotatable bonds is 5. The largest absolute Gasteiger partial charge is 0.368 e. The van der Waals surface area contributed by atoms with Crippen molar-refractivity contribution in [3.8, 4) is 0 Å². The van der Waals surface area contributed by atoms with Gasteiger partial charge in [-0.25, -0.2) is 0 Å². The summed E-state index contributed by atoms with van der Waals surface area (Å²) in [5.74, 6) is -0.623. The summed E-state index contributed by atoms with van der Waals surface area (Å²) in [6.45, 7) is 3.63. The second-order valence-electron chi connectivity index (χ2n) is 3.69. The molecule has 0 saturated heterocycles. The van der Waals surface area contributed by atoms with Gasteiger partial charge in [0.2, 0.25) is 11.8 Å². The fraction of sp³-hybridized carbons (Fsp3) is 0.750. The van der Waals surface area contributed by atoms with Crippen LogP contribution in [0.5, 0.6) is 0 Å². The summed E-state index contributed by atoms with van der Waals surface area (Å²) in [5.41, 5.74) is 5.04. The molecule has 0 aliphatic heterocycles. The van der Waals surface area contributed by atoms with E-state index in [0.29, 0.717) is 0 Å². The molecule has 0 bridgehead atoms. The Morgan fingerprint density at radius 1 is 1.50 bits per heavy atom. The highest BCUT2D eigenvalue weighted by atomic mass is 32.1. The third-order valence-corrected chi connectivity index (χ3v) is 1.98. The molecule has 6 heteroatoms. The molecule has 0 aromatic carbocycles. The second-order valence-corrected chi connectivity index (χ2v) is 5.27. The Balaban J connectivity index is 4.11. The van der Waals surface area contributed by atoms with Gasteiger partial charge in [0.15, 0.2) is 0 Å². The normalized spacial score (nSPS) is 13.4. The Morgan fingerprint density at radius 2 is 2.00 bits per heavy atom. The quantitative estimate of drug-likeness (QED) is 0.507. The number of nitrogens with one attached hydrogen (secondary N) is 1. The zero-order valence-corrected chi connectivity index (χ0v) is 10.1. The van der Waals surface area contributed by atoms with E-state index in [-0.39, 0.29) is 18.1 Å². The van der Waals surface area contributed by atoms with Gasteiger partial charge in [-0.1, -0.05) is 13.8 Å². The van der Waals surface area contributed by atoms with Crippen LogP contribution in [0.25, 0.3) is 0 Å². The van der Waals surface area contributed by atoms with Crippen LogP contribution in [0.15, 0.2) is 0 Å². The number of hydrogen-bond donors (Lipinski definition) is 4. The Labute approximate surface area is 94.8 Å². The van der Waals surface area contributed by atoms with Crippen LogP contribution in [0, 0.1) is 0 Å².